The Morgan fingerprint density at radius 1 is 1.46 bits per heavy atom. The summed E-state index contributed by atoms with van der Waals surface area (Å²) in [6.45, 7) is 5.92. The number of nitro groups is 1. The topological polar surface area (TPSA) is 46.4 Å². The molecule has 0 radical (unpaired) electrons. The second-order valence-electron chi connectivity index (χ2n) is 3.96. The van der Waals surface area contributed by atoms with Crippen LogP contribution in [0.3, 0.4) is 0 Å². The Morgan fingerprint density at radius 3 is 2.46 bits per heavy atom. The summed E-state index contributed by atoms with van der Waals surface area (Å²) < 4.78 is 0. The fraction of sp³-hybridized carbons (Fsp3) is 1.00. The summed E-state index contributed by atoms with van der Waals surface area (Å²) in [4.78, 5) is 12.7. The molecule has 1 rings (SSSR count). The van der Waals surface area contributed by atoms with Crippen molar-refractivity contribution in [3.05, 3.63) is 10.1 Å². The van der Waals surface area contributed by atoms with Gasteiger partial charge in [0.2, 0.25) is 5.54 Å². The van der Waals surface area contributed by atoms with E-state index in [-0.39, 0.29) is 4.92 Å². The third-order valence-corrected chi connectivity index (χ3v) is 3.15. The first-order chi connectivity index (χ1) is 6.02. The van der Waals surface area contributed by atoms with Crippen molar-refractivity contribution in [3.8, 4) is 0 Å². The molecule has 0 aromatic rings. The van der Waals surface area contributed by atoms with Crippen LogP contribution in [0.4, 0.5) is 0 Å². The first-order valence-electron chi connectivity index (χ1n) is 4.47. The predicted octanol–water partition coefficient (Wildman–Crippen LogP) is 1.09. The Balaban J connectivity index is 2.41. The highest BCUT2D eigenvalue weighted by Crippen LogP contribution is 2.15. The molecule has 0 saturated carbocycles. The van der Waals surface area contributed by atoms with Crippen LogP contribution in [0.25, 0.3) is 0 Å². The lowest BCUT2D eigenvalue weighted by Crippen LogP contribution is -2.46. The van der Waals surface area contributed by atoms with Crippen LogP contribution in [0.1, 0.15) is 13.8 Å². The van der Waals surface area contributed by atoms with Crippen LogP contribution in [0.2, 0.25) is 0 Å². The zero-order valence-electron chi connectivity index (χ0n) is 8.15. The zero-order valence-corrected chi connectivity index (χ0v) is 8.97. The second kappa shape index (κ2) is 4.28. The van der Waals surface area contributed by atoms with Gasteiger partial charge in [0.1, 0.15) is 0 Å². The third-order valence-electron chi connectivity index (χ3n) is 2.21. The highest BCUT2D eigenvalue weighted by molar-refractivity contribution is 7.99. The number of hydrogen-bond donors (Lipinski definition) is 0. The lowest BCUT2D eigenvalue weighted by Gasteiger charge is -2.29. The van der Waals surface area contributed by atoms with Crippen LogP contribution in [0.5, 0.6) is 0 Å². The molecule has 76 valence electrons. The molecule has 5 heteroatoms. The molecule has 0 unspecified atom stereocenters. The first-order valence-corrected chi connectivity index (χ1v) is 5.62. The van der Waals surface area contributed by atoms with Gasteiger partial charge in [-0.25, -0.2) is 0 Å². The van der Waals surface area contributed by atoms with Gasteiger partial charge in [-0.2, -0.15) is 11.8 Å². The number of rotatable bonds is 3. The van der Waals surface area contributed by atoms with Gasteiger partial charge in [0, 0.05) is 43.4 Å². The minimum absolute atomic E-state index is 0.186. The van der Waals surface area contributed by atoms with Gasteiger partial charge in [-0.05, 0) is 0 Å². The van der Waals surface area contributed by atoms with Crippen molar-refractivity contribution in [2.24, 2.45) is 0 Å². The van der Waals surface area contributed by atoms with Crippen molar-refractivity contribution in [2.75, 3.05) is 31.1 Å². The quantitative estimate of drug-likeness (QED) is 0.510. The zero-order chi connectivity index (χ0) is 9.90. The van der Waals surface area contributed by atoms with E-state index >= 15 is 0 Å². The summed E-state index contributed by atoms with van der Waals surface area (Å²) in [6, 6.07) is 0. The van der Waals surface area contributed by atoms with Gasteiger partial charge in [0.15, 0.2) is 0 Å². The van der Waals surface area contributed by atoms with E-state index in [4.69, 9.17) is 0 Å². The van der Waals surface area contributed by atoms with Crippen LogP contribution >= 0.6 is 11.8 Å². The van der Waals surface area contributed by atoms with Crippen LogP contribution in [0.15, 0.2) is 0 Å². The summed E-state index contributed by atoms with van der Waals surface area (Å²) in [7, 11) is 0. The lowest BCUT2D eigenvalue weighted by atomic mass is 10.1. The maximum atomic E-state index is 10.7. The molecule has 1 aliphatic heterocycles. The van der Waals surface area contributed by atoms with Gasteiger partial charge in [-0.1, -0.05) is 0 Å². The Hall–Kier alpha value is -0.290. The smallest absolute Gasteiger partial charge is 0.229 e. The van der Waals surface area contributed by atoms with Crippen molar-refractivity contribution in [1.82, 2.24) is 4.90 Å². The van der Waals surface area contributed by atoms with Crippen molar-refractivity contribution in [3.63, 3.8) is 0 Å². The summed E-state index contributed by atoms with van der Waals surface area (Å²) in [5, 5.41) is 10.7. The largest absolute Gasteiger partial charge is 0.295 e. The average Bonchev–Trinajstić information content (AvgIpc) is 2.05. The summed E-state index contributed by atoms with van der Waals surface area (Å²) >= 11 is 1.92. The van der Waals surface area contributed by atoms with Crippen LogP contribution in [-0.4, -0.2) is 46.5 Å². The van der Waals surface area contributed by atoms with E-state index in [1.807, 2.05) is 11.8 Å². The molecule has 13 heavy (non-hydrogen) atoms. The minimum Gasteiger partial charge on any atom is -0.295 e. The fourth-order valence-electron chi connectivity index (χ4n) is 1.36. The summed E-state index contributed by atoms with van der Waals surface area (Å²) in [5.74, 6) is 2.21. The van der Waals surface area contributed by atoms with E-state index in [1.165, 1.54) is 0 Å². The molecule has 0 amide bonds. The van der Waals surface area contributed by atoms with E-state index in [1.54, 1.807) is 13.8 Å². The van der Waals surface area contributed by atoms with Gasteiger partial charge >= 0.3 is 0 Å². The van der Waals surface area contributed by atoms with Crippen molar-refractivity contribution < 1.29 is 4.92 Å². The van der Waals surface area contributed by atoms with Crippen LogP contribution in [0, 0.1) is 10.1 Å². The minimum atomic E-state index is -0.804. The molecule has 4 nitrogen and oxygen atoms in total. The average molecular weight is 204 g/mol. The maximum Gasteiger partial charge on any atom is 0.229 e. The Labute approximate surface area is 82.8 Å². The van der Waals surface area contributed by atoms with Crippen LogP contribution < -0.4 is 0 Å². The standard InChI is InChI=1S/C8H16N2O2S/c1-8(2,10(11)12)7-9-3-5-13-6-4-9/h3-7H2,1-2H3. The van der Waals surface area contributed by atoms with Crippen molar-refractivity contribution in [2.45, 2.75) is 19.4 Å². The molecule has 0 atom stereocenters. The molecule has 0 aromatic carbocycles. The van der Waals surface area contributed by atoms with E-state index in [0.29, 0.717) is 6.54 Å². The van der Waals surface area contributed by atoms with E-state index < -0.39 is 5.54 Å². The number of nitrogens with zero attached hydrogens (tertiary/aromatic N) is 2. The monoisotopic (exact) mass is 204 g/mol. The third kappa shape index (κ3) is 3.15. The molecular formula is C8H16N2O2S. The van der Waals surface area contributed by atoms with E-state index in [0.717, 1.165) is 24.6 Å². The summed E-state index contributed by atoms with van der Waals surface area (Å²) in [5.41, 5.74) is -0.804. The fourth-order valence-corrected chi connectivity index (χ4v) is 2.34. The van der Waals surface area contributed by atoms with Gasteiger partial charge < -0.3 is 0 Å². The van der Waals surface area contributed by atoms with Crippen LogP contribution in [-0.2, 0) is 0 Å². The predicted molar refractivity (Wildman–Crippen MR) is 54.8 cm³/mol. The van der Waals surface area contributed by atoms with Gasteiger partial charge in [-0.3, -0.25) is 15.0 Å². The second-order valence-corrected chi connectivity index (χ2v) is 5.18. The van der Waals surface area contributed by atoms with E-state index in [9.17, 15) is 10.1 Å². The summed E-state index contributed by atoms with van der Waals surface area (Å²) in [6.07, 6.45) is 0. The highest BCUT2D eigenvalue weighted by atomic mass is 32.2. The van der Waals surface area contributed by atoms with Crippen molar-refractivity contribution >= 4 is 11.8 Å². The first kappa shape index (κ1) is 10.8. The normalized spacial score (nSPS) is 20.2. The molecule has 1 aliphatic rings. The SMILES string of the molecule is CC(C)(CN1CCSCC1)[N+](=O)[O-]. The molecule has 1 heterocycles. The molecule has 1 saturated heterocycles. The van der Waals surface area contributed by atoms with Gasteiger partial charge in [0.05, 0.1) is 6.54 Å². The Kier molecular flexibility index (Phi) is 3.55. The van der Waals surface area contributed by atoms with Crippen molar-refractivity contribution in [1.29, 1.82) is 0 Å². The molecular weight excluding hydrogens is 188 g/mol. The maximum absolute atomic E-state index is 10.7. The Morgan fingerprint density at radius 2 is 2.00 bits per heavy atom. The Bertz CT molecular complexity index is 191. The molecule has 0 aromatic heterocycles. The molecule has 0 aliphatic carbocycles. The highest BCUT2D eigenvalue weighted by Gasteiger charge is 2.33. The lowest BCUT2D eigenvalue weighted by molar-refractivity contribution is -0.560. The molecule has 0 spiro atoms. The van der Waals surface area contributed by atoms with Gasteiger partial charge in [-0.15, -0.1) is 0 Å². The van der Waals surface area contributed by atoms with E-state index in [2.05, 4.69) is 4.90 Å². The molecule has 0 bridgehead atoms. The molecule has 1 fully saturated rings. The molecule has 0 N–H and O–H groups in total. The van der Waals surface area contributed by atoms with Gasteiger partial charge in [0.25, 0.3) is 0 Å². The number of hydrogen-bond acceptors (Lipinski definition) is 4. The number of thioether (sulfide) groups is 1.